The Morgan fingerprint density at radius 2 is 2.00 bits per heavy atom. The number of carbonyl (C=O) groups is 2. The molecule has 1 aliphatic carbocycles. The predicted octanol–water partition coefficient (Wildman–Crippen LogP) is -0.501. The number of hydrogen-bond donors (Lipinski definition) is 2. The monoisotopic (exact) mass is 225 g/mol. The standard InChI is InChI=1S/C11H19N3O2/c1-3-6-12-10(15)7-14(2)8-11(16)13-9-4-5-9/h3,9H,1,4-8H2,2H3,(H,12,15)(H,13,16). The molecule has 1 rings (SSSR count). The third-order valence-corrected chi connectivity index (χ3v) is 2.21. The van der Waals surface area contributed by atoms with Crippen molar-refractivity contribution in [2.75, 3.05) is 26.7 Å². The minimum atomic E-state index is -0.0957. The molecule has 5 nitrogen and oxygen atoms in total. The Morgan fingerprint density at radius 3 is 2.56 bits per heavy atom. The van der Waals surface area contributed by atoms with E-state index >= 15 is 0 Å². The highest BCUT2D eigenvalue weighted by Gasteiger charge is 2.23. The van der Waals surface area contributed by atoms with Gasteiger partial charge in [0, 0.05) is 12.6 Å². The first-order chi connectivity index (χ1) is 7.61. The Balaban J connectivity index is 2.12. The lowest BCUT2D eigenvalue weighted by molar-refractivity contribution is -0.124. The SMILES string of the molecule is C=CCNC(=O)CN(C)CC(=O)NC1CC1. The number of hydrogen-bond acceptors (Lipinski definition) is 3. The quantitative estimate of drug-likeness (QED) is 0.574. The zero-order valence-corrected chi connectivity index (χ0v) is 9.66. The van der Waals surface area contributed by atoms with Crippen LogP contribution < -0.4 is 10.6 Å². The fourth-order valence-electron chi connectivity index (χ4n) is 1.29. The van der Waals surface area contributed by atoms with Crippen LogP contribution in [0.3, 0.4) is 0 Å². The van der Waals surface area contributed by atoms with Crippen LogP contribution in [0.15, 0.2) is 12.7 Å². The van der Waals surface area contributed by atoms with Gasteiger partial charge in [-0.15, -0.1) is 6.58 Å². The van der Waals surface area contributed by atoms with E-state index in [0.29, 0.717) is 12.6 Å². The summed E-state index contributed by atoms with van der Waals surface area (Å²) in [4.78, 5) is 24.4. The maximum absolute atomic E-state index is 11.4. The number of likely N-dealkylation sites (N-methyl/N-ethyl adjacent to an activating group) is 1. The molecule has 2 N–H and O–H groups in total. The first-order valence-corrected chi connectivity index (χ1v) is 5.47. The second kappa shape index (κ2) is 6.27. The van der Waals surface area contributed by atoms with Crippen LogP contribution in [0.25, 0.3) is 0 Å². The van der Waals surface area contributed by atoms with Gasteiger partial charge in [-0.25, -0.2) is 0 Å². The van der Waals surface area contributed by atoms with Gasteiger partial charge in [0.2, 0.25) is 11.8 Å². The third kappa shape index (κ3) is 5.50. The molecule has 0 atom stereocenters. The first kappa shape index (κ1) is 12.7. The van der Waals surface area contributed by atoms with Gasteiger partial charge in [0.25, 0.3) is 0 Å². The van der Waals surface area contributed by atoms with Crippen molar-refractivity contribution in [3.05, 3.63) is 12.7 Å². The zero-order chi connectivity index (χ0) is 12.0. The number of nitrogens with one attached hydrogen (secondary N) is 2. The molecule has 0 bridgehead atoms. The predicted molar refractivity (Wildman–Crippen MR) is 61.9 cm³/mol. The van der Waals surface area contributed by atoms with Crippen molar-refractivity contribution in [1.82, 2.24) is 15.5 Å². The molecular weight excluding hydrogens is 206 g/mol. The van der Waals surface area contributed by atoms with Gasteiger partial charge in [-0.05, 0) is 19.9 Å². The molecule has 90 valence electrons. The summed E-state index contributed by atoms with van der Waals surface area (Å²) < 4.78 is 0. The summed E-state index contributed by atoms with van der Waals surface area (Å²) in [5.41, 5.74) is 0. The van der Waals surface area contributed by atoms with E-state index in [4.69, 9.17) is 0 Å². The summed E-state index contributed by atoms with van der Waals surface area (Å²) >= 11 is 0. The molecule has 0 spiro atoms. The molecule has 0 aromatic heterocycles. The number of amides is 2. The first-order valence-electron chi connectivity index (χ1n) is 5.47. The lowest BCUT2D eigenvalue weighted by Crippen LogP contribution is -2.41. The van der Waals surface area contributed by atoms with Crippen molar-refractivity contribution >= 4 is 11.8 Å². The van der Waals surface area contributed by atoms with Crippen LogP contribution in [-0.4, -0.2) is 49.4 Å². The van der Waals surface area contributed by atoms with E-state index in [1.165, 1.54) is 0 Å². The highest BCUT2D eigenvalue weighted by Crippen LogP contribution is 2.18. The smallest absolute Gasteiger partial charge is 0.234 e. The molecule has 0 radical (unpaired) electrons. The van der Waals surface area contributed by atoms with Crippen LogP contribution in [0.5, 0.6) is 0 Å². The second-order valence-corrected chi connectivity index (χ2v) is 4.11. The molecule has 0 heterocycles. The van der Waals surface area contributed by atoms with Gasteiger partial charge in [0.15, 0.2) is 0 Å². The van der Waals surface area contributed by atoms with Crippen LogP contribution in [-0.2, 0) is 9.59 Å². The van der Waals surface area contributed by atoms with E-state index in [0.717, 1.165) is 12.8 Å². The van der Waals surface area contributed by atoms with Crippen LogP contribution >= 0.6 is 0 Å². The molecule has 0 aromatic rings. The van der Waals surface area contributed by atoms with Gasteiger partial charge in [0.1, 0.15) is 0 Å². The molecule has 0 aliphatic heterocycles. The minimum absolute atomic E-state index is 0.0125. The number of nitrogens with zero attached hydrogens (tertiary/aromatic N) is 1. The van der Waals surface area contributed by atoms with Crippen molar-refractivity contribution in [3.8, 4) is 0 Å². The maximum atomic E-state index is 11.4. The Hall–Kier alpha value is -1.36. The molecular formula is C11H19N3O2. The molecule has 1 fully saturated rings. The summed E-state index contributed by atoms with van der Waals surface area (Å²) in [6.45, 7) is 4.46. The van der Waals surface area contributed by atoms with Gasteiger partial charge in [-0.2, -0.15) is 0 Å². The Labute approximate surface area is 95.9 Å². The summed E-state index contributed by atoms with van der Waals surface area (Å²) in [5, 5.41) is 5.53. The molecule has 0 saturated heterocycles. The average Bonchev–Trinajstić information content (AvgIpc) is 2.97. The summed E-state index contributed by atoms with van der Waals surface area (Å²) in [7, 11) is 1.75. The minimum Gasteiger partial charge on any atom is -0.352 e. The summed E-state index contributed by atoms with van der Waals surface area (Å²) in [6, 6.07) is 0.371. The molecule has 0 aromatic carbocycles. The molecule has 1 aliphatic rings. The highest BCUT2D eigenvalue weighted by molar-refractivity contribution is 5.81. The molecule has 0 unspecified atom stereocenters. The second-order valence-electron chi connectivity index (χ2n) is 4.11. The van der Waals surface area contributed by atoms with Crippen molar-refractivity contribution in [3.63, 3.8) is 0 Å². The van der Waals surface area contributed by atoms with E-state index < -0.39 is 0 Å². The van der Waals surface area contributed by atoms with E-state index in [2.05, 4.69) is 17.2 Å². The van der Waals surface area contributed by atoms with Crippen molar-refractivity contribution in [2.45, 2.75) is 18.9 Å². The lowest BCUT2D eigenvalue weighted by Gasteiger charge is -2.15. The van der Waals surface area contributed by atoms with Gasteiger partial charge in [-0.1, -0.05) is 6.08 Å². The fraction of sp³-hybridized carbons (Fsp3) is 0.636. The molecule has 1 saturated carbocycles. The summed E-state index contributed by atoms with van der Waals surface area (Å²) in [5.74, 6) is -0.108. The Kier molecular flexibility index (Phi) is 4.98. The van der Waals surface area contributed by atoms with Crippen LogP contribution in [0.1, 0.15) is 12.8 Å². The van der Waals surface area contributed by atoms with Gasteiger partial charge in [0.05, 0.1) is 13.1 Å². The van der Waals surface area contributed by atoms with E-state index in [1.54, 1.807) is 18.0 Å². The van der Waals surface area contributed by atoms with Crippen molar-refractivity contribution in [1.29, 1.82) is 0 Å². The van der Waals surface area contributed by atoms with Gasteiger partial charge >= 0.3 is 0 Å². The topological polar surface area (TPSA) is 61.4 Å². The average molecular weight is 225 g/mol. The summed E-state index contributed by atoms with van der Waals surface area (Å²) in [6.07, 6.45) is 3.78. The van der Waals surface area contributed by atoms with Crippen LogP contribution in [0, 0.1) is 0 Å². The lowest BCUT2D eigenvalue weighted by atomic mass is 10.4. The largest absolute Gasteiger partial charge is 0.352 e. The Bertz CT molecular complexity index is 274. The molecule has 16 heavy (non-hydrogen) atoms. The van der Waals surface area contributed by atoms with Crippen molar-refractivity contribution in [2.24, 2.45) is 0 Å². The number of carbonyl (C=O) groups excluding carboxylic acids is 2. The Morgan fingerprint density at radius 1 is 1.38 bits per heavy atom. The number of rotatable bonds is 7. The van der Waals surface area contributed by atoms with Gasteiger partial charge in [-0.3, -0.25) is 14.5 Å². The van der Waals surface area contributed by atoms with E-state index in [1.807, 2.05) is 0 Å². The van der Waals surface area contributed by atoms with Crippen LogP contribution in [0.2, 0.25) is 0 Å². The van der Waals surface area contributed by atoms with Gasteiger partial charge < -0.3 is 10.6 Å². The molecule has 5 heteroatoms. The zero-order valence-electron chi connectivity index (χ0n) is 9.66. The van der Waals surface area contributed by atoms with Crippen molar-refractivity contribution < 1.29 is 9.59 Å². The maximum Gasteiger partial charge on any atom is 0.234 e. The fourth-order valence-corrected chi connectivity index (χ4v) is 1.29. The normalized spacial score (nSPS) is 14.6. The van der Waals surface area contributed by atoms with E-state index in [9.17, 15) is 9.59 Å². The third-order valence-electron chi connectivity index (χ3n) is 2.21. The van der Waals surface area contributed by atoms with E-state index in [-0.39, 0.29) is 24.9 Å². The highest BCUT2D eigenvalue weighted by atomic mass is 16.2. The van der Waals surface area contributed by atoms with Crippen LogP contribution in [0.4, 0.5) is 0 Å². The molecule has 2 amide bonds.